The lowest BCUT2D eigenvalue weighted by Gasteiger charge is -2.17. The van der Waals surface area contributed by atoms with Gasteiger partial charge in [-0.25, -0.2) is 4.84 Å². The number of carbonyl (C=O) groups is 2. The molecule has 1 aliphatic heterocycles. The Balaban J connectivity index is 2.35. The topological polar surface area (TPSA) is 76.1 Å². The highest BCUT2D eigenvalue weighted by molar-refractivity contribution is 6.00. The number of rotatable bonds is 5. The van der Waals surface area contributed by atoms with Crippen molar-refractivity contribution in [3.63, 3.8) is 0 Å². The fourth-order valence-corrected chi connectivity index (χ4v) is 1.04. The van der Waals surface area contributed by atoms with Crippen molar-refractivity contribution in [3.8, 4) is 0 Å². The van der Waals surface area contributed by atoms with Gasteiger partial charge in [-0.1, -0.05) is 0 Å². The summed E-state index contributed by atoms with van der Waals surface area (Å²) in [5, 5.41) is 9.78. The van der Waals surface area contributed by atoms with Crippen molar-refractivity contribution < 1.29 is 24.3 Å². The molecule has 1 unspecified atom stereocenters. The van der Waals surface area contributed by atoms with E-state index in [1.165, 1.54) is 0 Å². The van der Waals surface area contributed by atoms with Crippen molar-refractivity contribution >= 4 is 11.8 Å². The second-order valence-electron chi connectivity index (χ2n) is 2.80. The Bertz CT molecular complexity index is 214. The lowest BCUT2D eigenvalue weighted by atomic mass is 10.4. The van der Waals surface area contributed by atoms with Gasteiger partial charge in [-0.2, -0.15) is 5.06 Å². The van der Waals surface area contributed by atoms with Gasteiger partial charge in [-0.15, -0.1) is 0 Å². The van der Waals surface area contributed by atoms with E-state index >= 15 is 0 Å². The van der Waals surface area contributed by atoms with Crippen molar-refractivity contribution in [2.45, 2.75) is 26.1 Å². The molecule has 0 aromatic carbocycles. The Hall–Kier alpha value is -0.980. The molecular weight excluding hydrogens is 190 g/mol. The molecule has 0 saturated carbocycles. The Morgan fingerprint density at radius 3 is 2.50 bits per heavy atom. The van der Waals surface area contributed by atoms with E-state index in [4.69, 9.17) is 9.57 Å². The van der Waals surface area contributed by atoms with Gasteiger partial charge < -0.3 is 9.84 Å². The average molecular weight is 203 g/mol. The molecule has 6 nitrogen and oxygen atoms in total. The number of aliphatic hydroxyl groups is 1. The number of amides is 2. The third kappa shape index (κ3) is 2.76. The molecule has 1 N–H and O–H groups in total. The number of imide groups is 1. The van der Waals surface area contributed by atoms with Gasteiger partial charge in [0.2, 0.25) is 6.29 Å². The summed E-state index contributed by atoms with van der Waals surface area (Å²) >= 11 is 0. The van der Waals surface area contributed by atoms with Crippen molar-refractivity contribution in [1.29, 1.82) is 0 Å². The zero-order valence-electron chi connectivity index (χ0n) is 7.93. The van der Waals surface area contributed by atoms with Gasteiger partial charge in [0.1, 0.15) is 0 Å². The van der Waals surface area contributed by atoms with Crippen molar-refractivity contribution in [3.05, 3.63) is 0 Å². The second-order valence-corrected chi connectivity index (χ2v) is 2.80. The zero-order chi connectivity index (χ0) is 10.6. The average Bonchev–Trinajstić information content (AvgIpc) is 2.46. The molecule has 1 atom stereocenters. The number of aliphatic hydroxyl groups excluding tert-OH is 1. The number of hydroxylamine groups is 2. The van der Waals surface area contributed by atoms with Crippen LogP contribution < -0.4 is 0 Å². The Labute approximate surface area is 81.3 Å². The Morgan fingerprint density at radius 2 is 2.00 bits per heavy atom. The number of carbonyl (C=O) groups excluding carboxylic acids is 2. The standard InChI is InChI=1S/C8H13NO5/c1-2-13-5-8(12)14-9-6(10)3-4-7(9)11/h8,12H,2-5H2,1H3. The summed E-state index contributed by atoms with van der Waals surface area (Å²) in [5.74, 6) is -0.851. The van der Waals surface area contributed by atoms with Gasteiger partial charge in [0.25, 0.3) is 11.8 Å². The molecule has 2 amide bonds. The summed E-state index contributed by atoms with van der Waals surface area (Å²) in [5.41, 5.74) is 0. The van der Waals surface area contributed by atoms with E-state index in [1.54, 1.807) is 6.92 Å². The van der Waals surface area contributed by atoms with Gasteiger partial charge in [-0.3, -0.25) is 9.59 Å². The Morgan fingerprint density at radius 1 is 1.43 bits per heavy atom. The number of ether oxygens (including phenoxy) is 1. The summed E-state index contributed by atoms with van der Waals surface area (Å²) in [6.45, 7) is 2.13. The third-order valence-electron chi connectivity index (χ3n) is 1.70. The lowest BCUT2D eigenvalue weighted by Crippen LogP contribution is -2.35. The fraction of sp³-hybridized carbons (Fsp3) is 0.750. The van der Waals surface area contributed by atoms with E-state index in [2.05, 4.69) is 0 Å². The first kappa shape index (κ1) is 11.1. The van der Waals surface area contributed by atoms with Crippen molar-refractivity contribution in [2.75, 3.05) is 13.2 Å². The molecule has 6 heteroatoms. The van der Waals surface area contributed by atoms with Crippen LogP contribution in [-0.4, -0.2) is 41.5 Å². The SMILES string of the molecule is CCOCC(O)ON1C(=O)CCC1=O. The molecule has 0 aromatic heterocycles. The molecule has 0 bridgehead atoms. The van der Waals surface area contributed by atoms with E-state index in [1.807, 2.05) is 0 Å². The van der Waals surface area contributed by atoms with Crippen LogP contribution in [0.4, 0.5) is 0 Å². The van der Waals surface area contributed by atoms with Crippen molar-refractivity contribution in [1.82, 2.24) is 5.06 Å². The van der Waals surface area contributed by atoms with Crippen LogP contribution in [0.25, 0.3) is 0 Å². The van der Waals surface area contributed by atoms with Gasteiger partial charge in [0.05, 0.1) is 6.61 Å². The predicted molar refractivity (Wildman–Crippen MR) is 44.7 cm³/mol. The molecule has 0 radical (unpaired) electrons. The number of hydrogen-bond donors (Lipinski definition) is 1. The first-order valence-corrected chi connectivity index (χ1v) is 4.43. The van der Waals surface area contributed by atoms with Crippen LogP contribution >= 0.6 is 0 Å². The summed E-state index contributed by atoms with van der Waals surface area (Å²) < 4.78 is 4.85. The minimum atomic E-state index is -1.28. The molecule has 1 rings (SSSR count). The molecule has 1 saturated heterocycles. The number of nitrogens with zero attached hydrogens (tertiary/aromatic N) is 1. The highest BCUT2D eigenvalue weighted by Crippen LogP contribution is 2.13. The zero-order valence-corrected chi connectivity index (χ0v) is 7.93. The molecule has 0 spiro atoms. The largest absolute Gasteiger partial charge is 0.376 e. The summed E-state index contributed by atoms with van der Waals surface area (Å²) in [6, 6.07) is 0. The van der Waals surface area contributed by atoms with Crippen LogP contribution in [0.5, 0.6) is 0 Å². The Kier molecular flexibility index (Phi) is 3.99. The molecule has 80 valence electrons. The second kappa shape index (κ2) is 5.04. The van der Waals surface area contributed by atoms with E-state index in [-0.39, 0.29) is 19.4 Å². The third-order valence-corrected chi connectivity index (χ3v) is 1.70. The maximum Gasteiger partial charge on any atom is 0.254 e. The summed E-state index contributed by atoms with van der Waals surface area (Å²) in [4.78, 5) is 26.7. The lowest BCUT2D eigenvalue weighted by molar-refractivity contribution is -0.255. The van der Waals surface area contributed by atoms with E-state index in [0.717, 1.165) is 0 Å². The fourth-order valence-electron chi connectivity index (χ4n) is 1.04. The maximum atomic E-state index is 11.0. The quantitative estimate of drug-likeness (QED) is 0.478. The molecule has 1 aliphatic rings. The van der Waals surface area contributed by atoms with Crippen LogP contribution in [0, 0.1) is 0 Å². The van der Waals surface area contributed by atoms with E-state index in [9.17, 15) is 14.7 Å². The highest BCUT2D eigenvalue weighted by atomic mass is 16.8. The van der Waals surface area contributed by atoms with Gasteiger partial charge in [-0.05, 0) is 6.92 Å². The van der Waals surface area contributed by atoms with Crippen LogP contribution in [-0.2, 0) is 19.2 Å². The van der Waals surface area contributed by atoms with E-state index in [0.29, 0.717) is 11.7 Å². The first-order valence-electron chi connectivity index (χ1n) is 4.43. The smallest absolute Gasteiger partial charge is 0.254 e. The normalized spacial score (nSPS) is 19.1. The van der Waals surface area contributed by atoms with Gasteiger partial charge >= 0.3 is 0 Å². The van der Waals surface area contributed by atoms with Crippen LogP contribution in [0.15, 0.2) is 0 Å². The molecule has 1 heterocycles. The molecular formula is C8H13NO5. The van der Waals surface area contributed by atoms with E-state index < -0.39 is 18.1 Å². The maximum absolute atomic E-state index is 11.0. The monoisotopic (exact) mass is 203 g/mol. The minimum absolute atomic E-state index is 0.0619. The summed E-state index contributed by atoms with van der Waals surface area (Å²) in [6.07, 6.45) is -0.999. The van der Waals surface area contributed by atoms with Crippen LogP contribution in [0.2, 0.25) is 0 Å². The minimum Gasteiger partial charge on any atom is -0.376 e. The number of hydrogen-bond acceptors (Lipinski definition) is 5. The first-order chi connectivity index (χ1) is 6.65. The molecule has 0 aliphatic carbocycles. The van der Waals surface area contributed by atoms with Gasteiger partial charge in [0.15, 0.2) is 0 Å². The molecule has 1 fully saturated rings. The van der Waals surface area contributed by atoms with Crippen LogP contribution in [0.3, 0.4) is 0 Å². The van der Waals surface area contributed by atoms with Gasteiger partial charge in [0, 0.05) is 19.4 Å². The predicted octanol–water partition coefficient (Wildman–Crippen LogP) is -0.578. The van der Waals surface area contributed by atoms with Crippen molar-refractivity contribution in [2.24, 2.45) is 0 Å². The highest BCUT2D eigenvalue weighted by Gasteiger charge is 2.32. The van der Waals surface area contributed by atoms with Crippen LogP contribution in [0.1, 0.15) is 19.8 Å². The molecule has 0 aromatic rings. The molecule has 14 heavy (non-hydrogen) atoms. The summed E-state index contributed by atoms with van der Waals surface area (Å²) in [7, 11) is 0.